The smallest absolute Gasteiger partial charge is 0.227 e. The molecule has 0 heterocycles. The molecule has 4 nitrogen and oxygen atoms in total. The summed E-state index contributed by atoms with van der Waals surface area (Å²) in [5.41, 5.74) is 5.38. The van der Waals surface area contributed by atoms with Crippen molar-refractivity contribution in [2.75, 3.05) is 13.2 Å². The Balaban J connectivity index is 2.57. The largest absolute Gasteiger partial charge is 0.396 e. The Morgan fingerprint density at radius 2 is 2.06 bits per heavy atom. The van der Waals surface area contributed by atoms with Gasteiger partial charge in [0.1, 0.15) is 0 Å². The monoisotopic (exact) mass is 256 g/mol. The van der Waals surface area contributed by atoms with Gasteiger partial charge in [0.2, 0.25) is 5.91 Å². The lowest BCUT2D eigenvalue weighted by molar-refractivity contribution is -0.132. The second-order valence-electron chi connectivity index (χ2n) is 5.58. The highest BCUT2D eigenvalue weighted by Gasteiger charge is 2.35. The Kier molecular flexibility index (Phi) is 6.09. The van der Waals surface area contributed by atoms with Gasteiger partial charge in [-0.05, 0) is 38.0 Å². The van der Waals surface area contributed by atoms with E-state index in [-0.39, 0.29) is 18.6 Å². The maximum atomic E-state index is 12.4. The molecule has 0 aromatic carbocycles. The summed E-state index contributed by atoms with van der Waals surface area (Å²) in [6.07, 6.45) is 5.65. The summed E-state index contributed by atoms with van der Waals surface area (Å²) >= 11 is 0. The molecule has 0 saturated heterocycles. The van der Waals surface area contributed by atoms with Crippen LogP contribution in [-0.2, 0) is 4.79 Å². The third kappa shape index (κ3) is 3.45. The maximum absolute atomic E-state index is 12.4. The van der Waals surface area contributed by atoms with Crippen LogP contribution in [0.3, 0.4) is 0 Å². The molecular formula is C14H28N2O2. The molecule has 4 N–H and O–H groups in total. The third-order valence-electron chi connectivity index (χ3n) is 4.60. The first-order valence-electron chi connectivity index (χ1n) is 7.23. The van der Waals surface area contributed by atoms with E-state index in [1.165, 1.54) is 0 Å². The number of hydrogen-bond acceptors (Lipinski definition) is 3. The van der Waals surface area contributed by atoms with E-state index < -0.39 is 5.41 Å². The van der Waals surface area contributed by atoms with Crippen molar-refractivity contribution in [3.05, 3.63) is 0 Å². The highest BCUT2D eigenvalue weighted by molar-refractivity contribution is 5.83. The number of aliphatic hydroxyl groups excluding tert-OH is 1. The van der Waals surface area contributed by atoms with E-state index in [1.807, 2.05) is 13.8 Å². The summed E-state index contributed by atoms with van der Waals surface area (Å²) in [6.45, 7) is 4.68. The molecule has 0 bridgehead atoms. The Hall–Kier alpha value is -0.610. The molecule has 2 atom stereocenters. The summed E-state index contributed by atoms with van der Waals surface area (Å²) in [4.78, 5) is 12.4. The minimum atomic E-state index is -0.411. The SMILES string of the molecule is CCC(CC)(CN)C(=O)NC1CCCC(CO)C1. The van der Waals surface area contributed by atoms with Crippen LogP contribution in [0.1, 0.15) is 52.4 Å². The van der Waals surface area contributed by atoms with Gasteiger partial charge in [-0.3, -0.25) is 4.79 Å². The van der Waals surface area contributed by atoms with Crippen molar-refractivity contribution in [3.8, 4) is 0 Å². The lowest BCUT2D eigenvalue weighted by Gasteiger charge is -2.34. The normalized spacial score (nSPS) is 24.9. The zero-order chi connectivity index (χ0) is 13.6. The number of nitrogens with one attached hydrogen (secondary N) is 1. The lowest BCUT2D eigenvalue weighted by atomic mass is 9.80. The molecule has 1 saturated carbocycles. The van der Waals surface area contributed by atoms with Crippen LogP contribution in [0.5, 0.6) is 0 Å². The lowest BCUT2D eigenvalue weighted by Crippen LogP contribution is -2.50. The summed E-state index contributed by atoms with van der Waals surface area (Å²) in [5.74, 6) is 0.443. The zero-order valence-corrected chi connectivity index (χ0v) is 11.7. The molecule has 0 aromatic rings. The van der Waals surface area contributed by atoms with E-state index >= 15 is 0 Å². The van der Waals surface area contributed by atoms with E-state index in [0.717, 1.165) is 38.5 Å². The van der Waals surface area contributed by atoms with Gasteiger partial charge in [0.05, 0.1) is 5.41 Å². The average molecular weight is 256 g/mol. The van der Waals surface area contributed by atoms with Gasteiger partial charge in [-0.15, -0.1) is 0 Å². The molecule has 1 aliphatic rings. The van der Waals surface area contributed by atoms with Crippen molar-refractivity contribution < 1.29 is 9.90 Å². The van der Waals surface area contributed by atoms with Gasteiger partial charge >= 0.3 is 0 Å². The molecule has 1 aliphatic carbocycles. The fourth-order valence-corrected chi connectivity index (χ4v) is 2.88. The van der Waals surface area contributed by atoms with E-state index in [4.69, 9.17) is 5.73 Å². The van der Waals surface area contributed by atoms with Gasteiger partial charge < -0.3 is 16.2 Å². The summed E-state index contributed by atoms with van der Waals surface area (Å²) in [5, 5.41) is 12.4. The quantitative estimate of drug-likeness (QED) is 0.673. The fraction of sp³-hybridized carbons (Fsp3) is 0.929. The number of rotatable bonds is 6. The van der Waals surface area contributed by atoms with E-state index in [0.29, 0.717) is 12.5 Å². The molecule has 0 aliphatic heterocycles. The van der Waals surface area contributed by atoms with Crippen molar-refractivity contribution in [1.29, 1.82) is 0 Å². The molecule has 0 radical (unpaired) electrons. The predicted octanol–water partition coefficient (Wildman–Crippen LogP) is 1.42. The van der Waals surface area contributed by atoms with Gasteiger partial charge in [-0.2, -0.15) is 0 Å². The van der Waals surface area contributed by atoms with Crippen molar-refractivity contribution >= 4 is 5.91 Å². The minimum absolute atomic E-state index is 0.0959. The molecular weight excluding hydrogens is 228 g/mol. The summed E-state index contributed by atoms with van der Waals surface area (Å²) < 4.78 is 0. The molecule has 1 rings (SSSR count). The first-order valence-corrected chi connectivity index (χ1v) is 7.23. The van der Waals surface area contributed by atoms with Gasteiger partial charge in [0.15, 0.2) is 0 Å². The molecule has 0 aromatic heterocycles. The van der Waals surface area contributed by atoms with Crippen LogP contribution in [-0.4, -0.2) is 30.2 Å². The minimum Gasteiger partial charge on any atom is -0.396 e. The van der Waals surface area contributed by atoms with Crippen LogP contribution in [0.4, 0.5) is 0 Å². The highest BCUT2D eigenvalue weighted by atomic mass is 16.3. The van der Waals surface area contributed by atoms with E-state index in [1.54, 1.807) is 0 Å². The molecule has 1 fully saturated rings. The Bertz CT molecular complexity index is 256. The molecule has 1 amide bonds. The highest BCUT2D eigenvalue weighted by Crippen LogP contribution is 2.28. The summed E-state index contributed by atoms with van der Waals surface area (Å²) in [6, 6.07) is 0.215. The van der Waals surface area contributed by atoms with Crippen LogP contribution >= 0.6 is 0 Å². The number of carbonyl (C=O) groups excluding carboxylic acids is 1. The topological polar surface area (TPSA) is 75.4 Å². The van der Waals surface area contributed by atoms with Gasteiger partial charge in [0, 0.05) is 19.2 Å². The number of hydrogen-bond donors (Lipinski definition) is 3. The van der Waals surface area contributed by atoms with E-state index in [2.05, 4.69) is 5.32 Å². The molecule has 0 spiro atoms. The second-order valence-corrected chi connectivity index (χ2v) is 5.58. The zero-order valence-electron chi connectivity index (χ0n) is 11.7. The molecule has 2 unspecified atom stereocenters. The maximum Gasteiger partial charge on any atom is 0.227 e. The summed E-state index contributed by atoms with van der Waals surface area (Å²) in [7, 11) is 0. The van der Waals surface area contributed by atoms with Crippen LogP contribution in [0.15, 0.2) is 0 Å². The van der Waals surface area contributed by atoms with Gasteiger partial charge in [-0.1, -0.05) is 20.3 Å². The van der Waals surface area contributed by atoms with Crippen LogP contribution < -0.4 is 11.1 Å². The molecule has 4 heteroatoms. The molecule has 18 heavy (non-hydrogen) atoms. The standard InChI is InChI=1S/C14H28N2O2/c1-3-14(4-2,10-15)13(18)16-12-7-5-6-11(8-12)9-17/h11-12,17H,3-10,15H2,1-2H3,(H,16,18). The Morgan fingerprint density at radius 3 is 2.56 bits per heavy atom. The number of aliphatic hydroxyl groups is 1. The van der Waals surface area contributed by atoms with Crippen LogP contribution in [0.2, 0.25) is 0 Å². The average Bonchev–Trinajstić information content (AvgIpc) is 2.41. The first-order chi connectivity index (χ1) is 8.61. The first kappa shape index (κ1) is 15.4. The number of nitrogens with two attached hydrogens (primary N) is 1. The number of amides is 1. The van der Waals surface area contributed by atoms with Crippen molar-refractivity contribution in [1.82, 2.24) is 5.32 Å². The Morgan fingerprint density at radius 1 is 1.39 bits per heavy atom. The van der Waals surface area contributed by atoms with Crippen LogP contribution in [0.25, 0.3) is 0 Å². The predicted molar refractivity (Wildman–Crippen MR) is 73.0 cm³/mol. The van der Waals surface area contributed by atoms with Crippen molar-refractivity contribution in [2.24, 2.45) is 17.1 Å². The van der Waals surface area contributed by atoms with Crippen LogP contribution in [0, 0.1) is 11.3 Å². The van der Waals surface area contributed by atoms with Gasteiger partial charge in [-0.25, -0.2) is 0 Å². The third-order valence-corrected chi connectivity index (χ3v) is 4.60. The Labute approximate surface area is 110 Å². The van der Waals surface area contributed by atoms with Crippen molar-refractivity contribution in [3.63, 3.8) is 0 Å². The number of carbonyl (C=O) groups is 1. The van der Waals surface area contributed by atoms with E-state index in [9.17, 15) is 9.90 Å². The van der Waals surface area contributed by atoms with Gasteiger partial charge in [0.25, 0.3) is 0 Å². The second kappa shape index (κ2) is 7.10. The van der Waals surface area contributed by atoms with Crippen molar-refractivity contribution in [2.45, 2.75) is 58.4 Å². The molecule has 106 valence electrons. The fourth-order valence-electron chi connectivity index (χ4n) is 2.88.